The number of rotatable bonds is 5. The van der Waals surface area contributed by atoms with Crippen LogP contribution in [-0.4, -0.2) is 43.7 Å². The van der Waals surface area contributed by atoms with Gasteiger partial charge in [-0.05, 0) is 24.5 Å². The highest BCUT2D eigenvalue weighted by molar-refractivity contribution is 7.91. The van der Waals surface area contributed by atoms with Crippen molar-refractivity contribution < 1.29 is 13.2 Å². The third-order valence-corrected chi connectivity index (χ3v) is 7.35. The number of nitrogens with zero attached hydrogens (tertiary/aromatic N) is 2. The van der Waals surface area contributed by atoms with Crippen LogP contribution in [0.5, 0.6) is 0 Å². The predicted molar refractivity (Wildman–Crippen MR) is 94.6 cm³/mol. The molecule has 1 aromatic carbocycles. The Kier molecular flexibility index (Phi) is 5.03. The SMILES string of the molecule is CN(Cc1ccccc1)S(=O)(=O)c1cc(C(=O)N2CCCC2)cs1. The van der Waals surface area contributed by atoms with E-state index in [2.05, 4.69) is 0 Å². The monoisotopic (exact) mass is 364 g/mol. The van der Waals surface area contributed by atoms with Gasteiger partial charge >= 0.3 is 0 Å². The van der Waals surface area contributed by atoms with Crippen LogP contribution >= 0.6 is 11.3 Å². The van der Waals surface area contributed by atoms with Crippen molar-refractivity contribution in [3.8, 4) is 0 Å². The summed E-state index contributed by atoms with van der Waals surface area (Å²) in [4.78, 5) is 14.2. The fourth-order valence-electron chi connectivity index (χ4n) is 2.75. The Hall–Kier alpha value is -1.70. The van der Waals surface area contributed by atoms with Crippen LogP contribution in [0.25, 0.3) is 0 Å². The Morgan fingerprint density at radius 2 is 1.88 bits per heavy atom. The van der Waals surface area contributed by atoms with Gasteiger partial charge in [-0.1, -0.05) is 30.3 Å². The lowest BCUT2D eigenvalue weighted by Gasteiger charge is -2.16. The van der Waals surface area contributed by atoms with Crippen molar-refractivity contribution in [2.24, 2.45) is 0 Å². The summed E-state index contributed by atoms with van der Waals surface area (Å²) in [5.41, 5.74) is 1.39. The standard InChI is InChI=1S/C17H20N2O3S2/c1-18(12-14-7-3-2-4-8-14)24(21,22)16-11-15(13-23-16)17(20)19-9-5-6-10-19/h2-4,7-8,11,13H,5-6,9-10,12H2,1H3. The Balaban J connectivity index is 1.76. The minimum Gasteiger partial charge on any atom is -0.339 e. The first-order chi connectivity index (χ1) is 11.5. The lowest BCUT2D eigenvalue weighted by Crippen LogP contribution is -2.27. The number of benzene rings is 1. The molecule has 0 bridgehead atoms. The predicted octanol–water partition coefficient (Wildman–Crippen LogP) is 2.80. The van der Waals surface area contributed by atoms with Crippen molar-refractivity contribution >= 4 is 27.3 Å². The van der Waals surface area contributed by atoms with Gasteiger partial charge in [0.2, 0.25) is 0 Å². The van der Waals surface area contributed by atoms with Crippen LogP contribution < -0.4 is 0 Å². The van der Waals surface area contributed by atoms with E-state index in [1.807, 2.05) is 30.3 Å². The van der Waals surface area contributed by atoms with E-state index in [1.54, 1.807) is 17.3 Å². The number of sulfonamides is 1. The second-order valence-corrected chi connectivity index (χ2v) is 9.08. The number of carbonyl (C=O) groups excluding carboxylic acids is 1. The zero-order chi connectivity index (χ0) is 17.2. The maximum absolute atomic E-state index is 12.7. The molecule has 1 saturated heterocycles. The lowest BCUT2D eigenvalue weighted by atomic mass is 10.2. The molecule has 3 rings (SSSR count). The summed E-state index contributed by atoms with van der Waals surface area (Å²) >= 11 is 1.11. The summed E-state index contributed by atoms with van der Waals surface area (Å²) in [5, 5.41) is 1.64. The quantitative estimate of drug-likeness (QED) is 0.820. The third kappa shape index (κ3) is 3.53. The molecule has 24 heavy (non-hydrogen) atoms. The Labute approximate surface area is 146 Å². The average Bonchev–Trinajstić information content (AvgIpc) is 3.27. The van der Waals surface area contributed by atoms with Gasteiger partial charge in [0.15, 0.2) is 0 Å². The molecule has 0 N–H and O–H groups in total. The lowest BCUT2D eigenvalue weighted by molar-refractivity contribution is 0.0793. The largest absolute Gasteiger partial charge is 0.339 e. The first-order valence-corrected chi connectivity index (χ1v) is 10.2. The van der Waals surface area contributed by atoms with Crippen molar-refractivity contribution in [2.75, 3.05) is 20.1 Å². The minimum absolute atomic E-state index is 0.0732. The highest BCUT2D eigenvalue weighted by atomic mass is 32.2. The maximum atomic E-state index is 12.7. The van der Waals surface area contributed by atoms with E-state index in [0.717, 1.165) is 42.8 Å². The van der Waals surface area contributed by atoms with Gasteiger partial charge in [0.25, 0.3) is 15.9 Å². The summed E-state index contributed by atoms with van der Waals surface area (Å²) in [6, 6.07) is 10.9. The molecule has 1 aromatic heterocycles. The maximum Gasteiger partial charge on any atom is 0.254 e. The molecule has 1 aliphatic rings. The summed E-state index contributed by atoms with van der Waals surface area (Å²) in [5.74, 6) is -0.0732. The van der Waals surface area contributed by atoms with Crippen LogP contribution in [0.15, 0.2) is 46.0 Å². The zero-order valence-electron chi connectivity index (χ0n) is 13.5. The molecule has 1 fully saturated rings. The first kappa shape index (κ1) is 17.1. The molecule has 0 aliphatic carbocycles. The summed E-state index contributed by atoms with van der Waals surface area (Å²) < 4.78 is 26.9. The van der Waals surface area contributed by atoms with Crippen molar-refractivity contribution in [1.82, 2.24) is 9.21 Å². The molecule has 2 heterocycles. The molecule has 1 aliphatic heterocycles. The van der Waals surface area contributed by atoms with Crippen molar-refractivity contribution in [3.05, 3.63) is 52.9 Å². The molecule has 2 aromatic rings. The van der Waals surface area contributed by atoms with Crippen LogP contribution in [0.1, 0.15) is 28.8 Å². The van der Waals surface area contributed by atoms with Crippen molar-refractivity contribution in [1.29, 1.82) is 0 Å². The fraction of sp³-hybridized carbons (Fsp3) is 0.353. The topological polar surface area (TPSA) is 57.7 Å². The molecule has 5 nitrogen and oxygen atoms in total. The van der Waals surface area contributed by atoms with Gasteiger partial charge in [-0.2, -0.15) is 4.31 Å². The highest BCUT2D eigenvalue weighted by Gasteiger charge is 2.26. The van der Waals surface area contributed by atoms with Crippen molar-refractivity contribution in [3.63, 3.8) is 0 Å². The third-order valence-electron chi connectivity index (χ3n) is 4.13. The number of amides is 1. The van der Waals surface area contributed by atoms with E-state index < -0.39 is 10.0 Å². The van der Waals surface area contributed by atoms with Crippen LogP contribution in [0.4, 0.5) is 0 Å². The summed E-state index contributed by atoms with van der Waals surface area (Å²) in [7, 11) is -2.03. The fourth-order valence-corrected chi connectivity index (χ4v) is 5.27. The van der Waals surface area contributed by atoms with Crippen LogP contribution in [-0.2, 0) is 16.6 Å². The molecule has 0 spiro atoms. The molecular weight excluding hydrogens is 344 g/mol. The Morgan fingerprint density at radius 1 is 1.21 bits per heavy atom. The zero-order valence-corrected chi connectivity index (χ0v) is 15.1. The number of hydrogen-bond donors (Lipinski definition) is 0. The smallest absolute Gasteiger partial charge is 0.254 e. The Bertz CT molecular complexity index is 809. The van der Waals surface area contributed by atoms with Gasteiger partial charge in [0.1, 0.15) is 4.21 Å². The molecule has 128 valence electrons. The molecule has 0 saturated carbocycles. The van der Waals surface area contributed by atoms with Gasteiger partial charge in [0, 0.05) is 32.1 Å². The van der Waals surface area contributed by atoms with Gasteiger partial charge in [-0.3, -0.25) is 4.79 Å². The highest BCUT2D eigenvalue weighted by Crippen LogP contribution is 2.26. The number of likely N-dealkylation sites (tertiary alicyclic amines) is 1. The summed E-state index contributed by atoms with van der Waals surface area (Å²) in [6.45, 7) is 1.81. The molecular formula is C17H20N2O3S2. The van der Waals surface area contributed by atoms with Crippen LogP contribution in [0, 0.1) is 0 Å². The molecule has 1 amide bonds. The van der Waals surface area contributed by atoms with Crippen LogP contribution in [0.2, 0.25) is 0 Å². The van der Waals surface area contributed by atoms with E-state index >= 15 is 0 Å². The van der Waals surface area contributed by atoms with Gasteiger partial charge in [-0.15, -0.1) is 11.3 Å². The number of carbonyl (C=O) groups is 1. The normalized spacial score (nSPS) is 15.2. The van der Waals surface area contributed by atoms with E-state index in [1.165, 1.54) is 10.4 Å². The van der Waals surface area contributed by atoms with E-state index in [4.69, 9.17) is 0 Å². The van der Waals surface area contributed by atoms with E-state index in [9.17, 15) is 13.2 Å². The molecule has 7 heteroatoms. The summed E-state index contributed by atoms with van der Waals surface area (Å²) in [6.07, 6.45) is 2.03. The second kappa shape index (κ2) is 7.04. The number of hydrogen-bond acceptors (Lipinski definition) is 4. The first-order valence-electron chi connectivity index (χ1n) is 7.86. The van der Waals surface area contributed by atoms with Gasteiger partial charge in [-0.25, -0.2) is 8.42 Å². The average molecular weight is 364 g/mol. The second-order valence-electron chi connectivity index (χ2n) is 5.90. The molecule has 0 unspecified atom stereocenters. The molecule has 0 radical (unpaired) electrons. The van der Waals surface area contributed by atoms with E-state index in [0.29, 0.717) is 12.1 Å². The van der Waals surface area contributed by atoms with Gasteiger partial charge < -0.3 is 4.90 Å². The van der Waals surface area contributed by atoms with E-state index in [-0.39, 0.29) is 10.1 Å². The molecule has 0 atom stereocenters. The minimum atomic E-state index is -3.59. The Morgan fingerprint density at radius 3 is 2.54 bits per heavy atom. The van der Waals surface area contributed by atoms with Crippen molar-refractivity contribution in [2.45, 2.75) is 23.6 Å². The van der Waals surface area contributed by atoms with Gasteiger partial charge in [0.05, 0.1) is 5.56 Å². The number of thiophene rings is 1. The van der Waals surface area contributed by atoms with Crippen LogP contribution in [0.3, 0.4) is 0 Å².